The van der Waals surface area contributed by atoms with Crippen molar-refractivity contribution in [3.63, 3.8) is 0 Å². The summed E-state index contributed by atoms with van der Waals surface area (Å²) in [6.45, 7) is 3.88. The average Bonchev–Trinajstić information content (AvgIpc) is 3.34. The smallest absolute Gasteiger partial charge is 0.270 e. The first-order valence-corrected chi connectivity index (χ1v) is 11.8. The van der Waals surface area contributed by atoms with Gasteiger partial charge in [0, 0.05) is 29.1 Å². The molecule has 3 aromatic carbocycles. The van der Waals surface area contributed by atoms with Crippen molar-refractivity contribution in [2.45, 2.75) is 5.16 Å². The molecule has 0 saturated carbocycles. The Hall–Kier alpha value is -4.70. The van der Waals surface area contributed by atoms with E-state index in [0.29, 0.717) is 22.2 Å². The molecular weight excluding hydrogens is 476 g/mol. The summed E-state index contributed by atoms with van der Waals surface area (Å²) in [5.41, 5.74) is 8.20. The molecular formula is C26H22N6O3S. The van der Waals surface area contributed by atoms with E-state index in [4.69, 9.17) is 0 Å². The first-order chi connectivity index (χ1) is 17.5. The summed E-state index contributed by atoms with van der Waals surface area (Å²) >= 11 is 1.19. The number of thioether (sulfide) groups is 1. The number of benzene rings is 3. The van der Waals surface area contributed by atoms with Crippen LogP contribution in [0.5, 0.6) is 0 Å². The monoisotopic (exact) mass is 498 g/mol. The molecule has 2 N–H and O–H groups in total. The summed E-state index contributed by atoms with van der Waals surface area (Å²) in [4.78, 5) is 23.2. The predicted molar refractivity (Wildman–Crippen MR) is 140 cm³/mol. The molecule has 4 rings (SSSR count). The number of carbonyl (C=O) groups excluding carboxylic acids is 1. The summed E-state index contributed by atoms with van der Waals surface area (Å²) in [5, 5.41) is 20.2. The molecule has 0 aliphatic heterocycles. The highest BCUT2D eigenvalue weighted by Crippen LogP contribution is 2.29. The van der Waals surface area contributed by atoms with Crippen LogP contribution in [0.1, 0.15) is 5.56 Å². The summed E-state index contributed by atoms with van der Waals surface area (Å²) in [7, 11) is 0. The fourth-order valence-corrected chi connectivity index (χ4v) is 3.99. The Balaban J connectivity index is 1.45. The molecule has 0 unspecified atom stereocenters. The van der Waals surface area contributed by atoms with Crippen LogP contribution >= 0.6 is 11.8 Å². The Morgan fingerprint density at radius 2 is 1.72 bits per heavy atom. The molecule has 1 heterocycles. The Morgan fingerprint density at radius 1 is 1.00 bits per heavy atom. The van der Waals surface area contributed by atoms with Gasteiger partial charge in [0.15, 0.2) is 11.0 Å². The molecule has 1 aromatic heterocycles. The molecule has 0 saturated heterocycles. The van der Waals surface area contributed by atoms with Gasteiger partial charge in [-0.15, -0.1) is 10.2 Å². The first-order valence-electron chi connectivity index (χ1n) is 10.9. The molecule has 1 amide bonds. The number of nitro benzene ring substituents is 1. The fourth-order valence-electron chi connectivity index (χ4n) is 3.24. The molecule has 0 fully saturated rings. The number of non-ortho nitro benzene ring substituents is 1. The van der Waals surface area contributed by atoms with Gasteiger partial charge < -0.3 is 0 Å². The van der Waals surface area contributed by atoms with Crippen LogP contribution in [-0.2, 0) is 4.79 Å². The lowest BCUT2D eigenvalue weighted by Gasteiger charge is -2.11. The summed E-state index contributed by atoms with van der Waals surface area (Å²) in [6, 6.07) is 25.3. The van der Waals surface area contributed by atoms with Gasteiger partial charge in [0.2, 0.25) is 5.91 Å². The first kappa shape index (κ1) is 24.4. The van der Waals surface area contributed by atoms with Crippen LogP contribution in [0.15, 0.2) is 108 Å². The van der Waals surface area contributed by atoms with E-state index in [0.717, 1.165) is 11.3 Å². The van der Waals surface area contributed by atoms with E-state index in [1.165, 1.54) is 23.9 Å². The lowest BCUT2D eigenvalue weighted by Crippen LogP contribution is -2.37. The highest BCUT2D eigenvalue weighted by molar-refractivity contribution is 7.99. The van der Waals surface area contributed by atoms with E-state index in [1.807, 2.05) is 66.7 Å². The van der Waals surface area contributed by atoms with E-state index in [-0.39, 0.29) is 17.3 Å². The summed E-state index contributed by atoms with van der Waals surface area (Å²) in [6.07, 6.45) is 3.65. The summed E-state index contributed by atoms with van der Waals surface area (Å²) in [5.74, 6) is 0.210. The van der Waals surface area contributed by atoms with Crippen molar-refractivity contribution >= 4 is 29.4 Å². The van der Waals surface area contributed by atoms with Crippen molar-refractivity contribution in [1.29, 1.82) is 0 Å². The molecule has 0 bridgehead atoms. The maximum Gasteiger partial charge on any atom is 0.270 e. The van der Waals surface area contributed by atoms with Crippen LogP contribution in [0.3, 0.4) is 0 Å². The number of nitro groups is 1. The molecule has 36 heavy (non-hydrogen) atoms. The maximum absolute atomic E-state index is 12.4. The van der Waals surface area contributed by atoms with Crippen molar-refractivity contribution in [3.05, 3.63) is 119 Å². The zero-order chi connectivity index (χ0) is 25.3. The highest BCUT2D eigenvalue weighted by atomic mass is 32.2. The van der Waals surface area contributed by atoms with Crippen LogP contribution in [0.2, 0.25) is 0 Å². The van der Waals surface area contributed by atoms with Gasteiger partial charge >= 0.3 is 0 Å². The van der Waals surface area contributed by atoms with Crippen molar-refractivity contribution in [2.24, 2.45) is 0 Å². The van der Waals surface area contributed by atoms with E-state index in [1.54, 1.807) is 22.8 Å². The number of amides is 1. The fraction of sp³-hybridized carbons (Fsp3) is 0.0385. The largest absolute Gasteiger partial charge is 0.299 e. The van der Waals surface area contributed by atoms with Crippen molar-refractivity contribution in [2.75, 3.05) is 5.75 Å². The average molecular weight is 499 g/mol. The normalized spacial score (nSPS) is 10.8. The predicted octanol–water partition coefficient (Wildman–Crippen LogP) is 4.78. The van der Waals surface area contributed by atoms with Crippen LogP contribution in [0.4, 0.5) is 5.69 Å². The minimum atomic E-state index is -0.456. The van der Waals surface area contributed by atoms with Gasteiger partial charge in [-0.2, -0.15) is 0 Å². The third-order valence-corrected chi connectivity index (χ3v) is 5.86. The van der Waals surface area contributed by atoms with Gasteiger partial charge in [0.05, 0.1) is 10.7 Å². The zero-order valence-electron chi connectivity index (χ0n) is 19.1. The van der Waals surface area contributed by atoms with Gasteiger partial charge in [-0.05, 0) is 23.8 Å². The maximum atomic E-state index is 12.4. The van der Waals surface area contributed by atoms with Crippen LogP contribution in [-0.4, -0.2) is 31.3 Å². The Labute approximate surface area is 211 Å². The molecule has 9 nitrogen and oxygen atoms in total. The van der Waals surface area contributed by atoms with Crippen LogP contribution < -0.4 is 10.9 Å². The van der Waals surface area contributed by atoms with Crippen molar-refractivity contribution < 1.29 is 9.72 Å². The number of nitrogens with one attached hydrogen (secondary N) is 2. The second-order valence-corrected chi connectivity index (χ2v) is 8.46. The minimum absolute atomic E-state index is 0.0451. The van der Waals surface area contributed by atoms with Gasteiger partial charge in [0.1, 0.15) is 0 Å². The molecule has 4 aromatic rings. The number of hydrogen-bond donors (Lipinski definition) is 2. The number of hydrogen-bond acceptors (Lipinski definition) is 7. The Morgan fingerprint density at radius 3 is 2.44 bits per heavy atom. The van der Waals surface area contributed by atoms with E-state index in [9.17, 15) is 14.9 Å². The third-order valence-electron chi connectivity index (χ3n) is 4.93. The number of nitrogens with zero attached hydrogens (tertiary/aromatic N) is 4. The van der Waals surface area contributed by atoms with Crippen LogP contribution in [0, 0.1) is 10.1 Å². The quantitative estimate of drug-likeness (QED) is 0.140. The number of allylic oxidation sites excluding steroid dienone is 1. The number of carbonyl (C=O) groups is 1. The molecule has 10 heteroatoms. The second kappa shape index (κ2) is 11.6. The van der Waals surface area contributed by atoms with Gasteiger partial charge in [-0.1, -0.05) is 85.1 Å². The second-order valence-electron chi connectivity index (χ2n) is 7.52. The van der Waals surface area contributed by atoms with E-state index < -0.39 is 4.92 Å². The van der Waals surface area contributed by atoms with Crippen LogP contribution in [0.25, 0.3) is 23.2 Å². The Kier molecular flexibility index (Phi) is 7.89. The number of aromatic nitrogens is 3. The third kappa shape index (κ3) is 6.24. The van der Waals surface area contributed by atoms with Gasteiger partial charge in [0.25, 0.3) is 5.69 Å². The standard InChI is InChI=1S/C26H22N6O3S/c1-19(15-16-20-9-4-2-5-10-20)27-28-24(33)18-36-26-30-29-25(31(26)22-12-6-3-7-13-22)21-11-8-14-23(17-21)32(34)35/h2-17,27H,1,18H2,(H,28,33)/b16-15+. The van der Waals surface area contributed by atoms with Gasteiger partial charge in [-0.3, -0.25) is 30.3 Å². The molecule has 0 radical (unpaired) electrons. The number of para-hydroxylation sites is 1. The van der Waals surface area contributed by atoms with Crippen molar-refractivity contribution in [1.82, 2.24) is 25.6 Å². The molecule has 0 atom stereocenters. The molecule has 0 spiro atoms. The lowest BCUT2D eigenvalue weighted by molar-refractivity contribution is -0.384. The zero-order valence-corrected chi connectivity index (χ0v) is 19.9. The molecule has 0 aliphatic carbocycles. The van der Waals surface area contributed by atoms with Gasteiger partial charge in [-0.25, -0.2) is 0 Å². The SMILES string of the molecule is C=C(/C=C/c1ccccc1)NNC(=O)CSc1nnc(-c2cccc([N+](=O)[O-])c2)n1-c1ccccc1. The van der Waals surface area contributed by atoms with E-state index in [2.05, 4.69) is 27.6 Å². The number of rotatable bonds is 10. The molecule has 180 valence electrons. The molecule has 0 aliphatic rings. The minimum Gasteiger partial charge on any atom is -0.299 e. The summed E-state index contributed by atoms with van der Waals surface area (Å²) < 4.78 is 1.77. The highest BCUT2D eigenvalue weighted by Gasteiger charge is 2.19. The topological polar surface area (TPSA) is 115 Å². The van der Waals surface area contributed by atoms with Crippen molar-refractivity contribution in [3.8, 4) is 17.1 Å². The van der Waals surface area contributed by atoms with E-state index >= 15 is 0 Å². The Bertz CT molecular complexity index is 1400. The lowest BCUT2D eigenvalue weighted by atomic mass is 10.2. The number of hydrazine groups is 1.